The van der Waals surface area contributed by atoms with Gasteiger partial charge in [0.1, 0.15) is 5.65 Å². The van der Waals surface area contributed by atoms with Gasteiger partial charge in [0.25, 0.3) is 5.69 Å². The lowest BCUT2D eigenvalue weighted by molar-refractivity contribution is -0.385. The number of aromatic amines is 1. The number of nitrogens with one attached hydrogen (secondary N) is 1. The zero-order valence-electron chi connectivity index (χ0n) is 12.6. The standard InChI is InChI=1S/C17H13N5O2/c23-22(24)16-4-2-1-3-12(16)10-21-11-13(9-20-21)14-5-7-18-17-15(14)6-8-19-17/h1-9,11H,10H2,(H,18,19). The van der Waals surface area contributed by atoms with Gasteiger partial charge in [-0.3, -0.25) is 14.8 Å². The van der Waals surface area contributed by atoms with Gasteiger partial charge in [0.15, 0.2) is 0 Å². The maximum Gasteiger partial charge on any atom is 0.274 e. The van der Waals surface area contributed by atoms with Crippen LogP contribution in [0.4, 0.5) is 5.69 Å². The Morgan fingerprint density at radius 1 is 1.21 bits per heavy atom. The fraction of sp³-hybridized carbons (Fsp3) is 0.0588. The molecular weight excluding hydrogens is 306 g/mol. The molecule has 0 amide bonds. The lowest BCUT2D eigenvalue weighted by Gasteiger charge is -2.03. The van der Waals surface area contributed by atoms with Crippen LogP contribution in [0.3, 0.4) is 0 Å². The second-order valence-corrected chi connectivity index (χ2v) is 5.41. The van der Waals surface area contributed by atoms with Crippen LogP contribution in [-0.4, -0.2) is 24.7 Å². The van der Waals surface area contributed by atoms with Gasteiger partial charge in [0.05, 0.1) is 23.2 Å². The fourth-order valence-electron chi connectivity index (χ4n) is 2.80. The molecule has 118 valence electrons. The van der Waals surface area contributed by atoms with Crippen LogP contribution < -0.4 is 0 Å². The minimum atomic E-state index is -0.369. The first-order valence-electron chi connectivity index (χ1n) is 7.39. The van der Waals surface area contributed by atoms with E-state index in [1.807, 2.05) is 24.5 Å². The van der Waals surface area contributed by atoms with Gasteiger partial charge in [-0.2, -0.15) is 5.10 Å². The molecule has 0 aliphatic rings. The maximum atomic E-state index is 11.1. The number of hydrogen-bond donors (Lipinski definition) is 1. The predicted octanol–water partition coefficient (Wildman–Crippen LogP) is 3.38. The van der Waals surface area contributed by atoms with Gasteiger partial charge in [-0.15, -0.1) is 0 Å². The third-order valence-corrected chi connectivity index (χ3v) is 3.93. The average molecular weight is 319 g/mol. The Bertz CT molecular complexity index is 1030. The summed E-state index contributed by atoms with van der Waals surface area (Å²) in [4.78, 5) is 18.1. The Hall–Kier alpha value is -3.48. The number of pyridine rings is 1. The van der Waals surface area contributed by atoms with Crippen LogP contribution in [0.15, 0.2) is 61.2 Å². The lowest BCUT2D eigenvalue weighted by atomic mass is 10.1. The second-order valence-electron chi connectivity index (χ2n) is 5.41. The number of H-pyrrole nitrogens is 1. The lowest BCUT2D eigenvalue weighted by Crippen LogP contribution is -2.03. The van der Waals surface area contributed by atoms with Crippen molar-refractivity contribution in [2.45, 2.75) is 6.54 Å². The average Bonchev–Trinajstić information content (AvgIpc) is 3.23. The molecule has 7 nitrogen and oxygen atoms in total. The molecule has 1 aromatic carbocycles. The Balaban J connectivity index is 1.69. The van der Waals surface area contributed by atoms with E-state index in [1.54, 1.807) is 35.3 Å². The number of para-hydroxylation sites is 1. The van der Waals surface area contributed by atoms with Crippen molar-refractivity contribution >= 4 is 16.7 Å². The van der Waals surface area contributed by atoms with Gasteiger partial charge in [0, 0.05) is 35.6 Å². The highest BCUT2D eigenvalue weighted by atomic mass is 16.6. The fourth-order valence-corrected chi connectivity index (χ4v) is 2.80. The summed E-state index contributed by atoms with van der Waals surface area (Å²) in [6, 6.07) is 10.6. The molecule has 0 bridgehead atoms. The molecule has 0 saturated carbocycles. The van der Waals surface area contributed by atoms with E-state index >= 15 is 0 Å². The molecule has 3 aromatic heterocycles. The Morgan fingerprint density at radius 3 is 2.96 bits per heavy atom. The number of hydrogen-bond acceptors (Lipinski definition) is 4. The molecule has 3 heterocycles. The summed E-state index contributed by atoms with van der Waals surface area (Å²) < 4.78 is 1.70. The first-order chi connectivity index (χ1) is 11.7. The smallest absolute Gasteiger partial charge is 0.274 e. The van der Waals surface area contributed by atoms with Crippen LogP contribution in [0, 0.1) is 10.1 Å². The van der Waals surface area contributed by atoms with E-state index in [0.29, 0.717) is 12.1 Å². The molecule has 0 unspecified atom stereocenters. The first-order valence-corrected chi connectivity index (χ1v) is 7.39. The van der Waals surface area contributed by atoms with Crippen LogP contribution in [0.5, 0.6) is 0 Å². The van der Waals surface area contributed by atoms with E-state index < -0.39 is 0 Å². The van der Waals surface area contributed by atoms with E-state index in [4.69, 9.17) is 0 Å². The van der Waals surface area contributed by atoms with Gasteiger partial charge < -0.3 is 4.98 Å². The van der Waals surface area contributed by atoms with Gasteiger partial charge in [-0.1, -0.05) is 18.2 Å². The first kappa shape index (κ1) is 14.1. The van der Waals surface area contributed by atoms with Crippen LogP contribution in [0.1, 0.15) is 5.56 Å². The highest BCUT2D eigenvalue weighted by molar-refractivity contribution is 5.92. The molecule has 24 heavy (non-hydrogen) atoms. The van der Waals surface area contributed by atoms with Crippen molar-refractivity contribution in [1.82, 2.24) is 19.7 Å². The molecule has 0 aliphatic heterocycles. The zero-order chi connectivity index (χ0) is 16.5. The Labute approximate surface area is 136 Å². The van der Waals surface area contributed by atoms with Gasteiger partial charge in [-0.05, 0) is 17.7 Å². The summed E-state index contributed by atoms with van der Waals surface area (Å²) in [6.45, 7) is 0.346. The van der Waals surface area contributed by atoms with Crippen molar-refractivity contribution in [3.05, 3.63) is 76.9 Å². The van der Waals surface area contributed by atoms with E-state index in [-0.39, 0.29) is 10.6 Å². The van der Waals surface area contributed by atoms with Crippen LogP contribution in [-0.2, 0) is 6.54 Å². The van der Waals surface area contributed by atoms with Crippen molar-refractivity contribution < 1.29 is 4.92 Å². The summed E-state index contributed by atoms with van der Waals surface area (Å²) in [5.74, 6) is 0. The summed E-state index contributed by atoms with van der Waals surface area (Å²) in [7, 11) is 0. The second kappa shape index (κ2) is 5.62. The molecule has 0 atom stereocenters. The molecule has 0 radical (unpaired) electrons. The highest BCUT2D eigenvalue weighted by Crippen LogP contribution is 2.27. The molecule has 1 N–H and O–H groups in total. The molecule has 7 heteroatoms. The maximum absolute atomic E-state index is 11.1. The van der Waals surface area contributed by atoms with Gasteiger partial charge in [0.2, 0.25) is 0 Å². The number of nitro benzene ring substituents is 1. The molecule has 0 aliphatic carbocycles. The molecule has 0 spiro atoms. The number of fused-ring (bicyclic) bond motifs is 1. The summed E-state index contributed by atoms with van der Waals surface area (Å²) in [6.07, 6.45) is 7.24. The molecular formula is C17H13N5O2. The number of nitrogens with zero attached hydrogens (tertiary/aromatic N) is 4. The van der Waals surface area contributed by atoms with Crippen LogP contribution >= 0.6 is 0 Å². The van der Waals surface area contributed by atoms with Crippen molar-refractivity contribution in [1.29, 1.82) is 0 Å². The van der Waals surface area contributed by atoms with Crippen molar-refractivity contribution in [3.63, 3.8) is 0 Å². The van der Waals surface area contributed by atoms with E-state index in [0.717, 1.165) is 22.2 Å². The van der Waals surface area contributed by atoms with Gasteiger partial charge >= 0.3 is 0 Å². The van der Waals surface area contributed by atoms with Gasteiger partial charge in [-0.25, -0.2) is 4.98 Å². The monoisotopic (exact) mass is 319 g/mol. The Morgan fingerprint density at radius 2 is 2.08 bits per heavy atom. The summed E-state index contributed by atoms with van der Waals surface area (Å²) in [5.41, 5.74) is 3.51. The van der Waals surface area contributed by atoms with Crippen LogP contribution in [0.25, 0.3) is 22.2 Å². The molecule has 4 aromatic rings. The van der Waals surface area contributed by atoms with E-state index in [1.165, 1.54) is 6.07 Å². The van der Waals surface area contributed by atoms with Crippen LogP contribution in [0.2, 0.25) is 0 Å². The van der Waals surface area contributed by atoms with Crippen molar-refractivity contribution in [2.24, 2.45) is 0 Å². The number of nitro groups is 1. The van der Waals surface area contributed by atoms with E-state index in [2.05, 4.69) is 15.1 Å². The molecule has 4 rings (SSSR count). The highest BCUT2D eigenvalue weighted by Gasteiger charge is 2.14. The molecule has 0 fully saturated rings. The largest absolute Gasteiger partial charge is 0.346 e. The number of rotatable bonds is 4. The van der Waals surface area contributed by atoms with Crippen molar-refractivity contribution in [2.75, 3.05) is 0 Å². The normalized spacial score (nSPS) is 11.0. The van der Waals surface area contributed by atoms with Crippen molar-refractivity contribution in [3.8, 4) is 11.1 Å². The molecule has 0 saturated heterocycles. The predicted molar refractivity (Wildman–Crippen MR) is 89.5 cm³/mol. The third kappa shape index (κ3) is 2.41. The SMILES string of the molecule is O=[N+]([O-])c1ccccc1Cn1cc(-c2ccnc3[nH]ccc23)cn1. The number of benzene rings is 1. The Kier molecular flexibility index (Phi) is 3.31. The minimum Gasteiger partial charge on any atom is -0.346 e. The topological polar surface area (TPSA) is 89.6 Å². The number of aromatic nitrogens is 4. The van der Waals surface area contributed by atoms with E-state index in [9.17, 15) is 10.1 Å². The minimum absolute atomic E-state index is 0.103. The summed E-state index contributed by atoms with van der Waals surface area (Å²) >= 11 is 0. The third-order valence-electron chi connectivity index (χ3n) is 3.93. The quantitative estimate of drug-likeness (QED) is 0.461. The zero-order valence-corrected chi connectivity index (χ0v) is 12.6. The summed E-state index contributed by atoms with van der Waals surface area (Å²) in [5, 5.41) is 16.5.